The normalized spacial score (nSPS) is 18.6. The first-order valence-electron chi connectivity index (χ1n) is 11.6. The maximum atomic E-state index is 13.4. The highest BCUT2D eigenvalue weighted by Crippen LogP contribution is 2.46. The highest BCUT2D eigenvalue weighted by molar-refractivity contribution is 5.89. The molecule has 0 amide bonds. The van der Waals surface area contributed by atoms with E-state index in [1.807, 2.05) is 12.1 Å². The van der Waals surface area contributed by atoms with E-state index in [0.29, 0.717) is 47.0 Å². The summed E-state index contributed by atoms with van der Waals surface area (Å²) in [6, 6.07) is 11.3. The third-order valence-corrected chi connectivity index (χ3v) is 6.90. The molecule has 9 heteroatoms. The second-order valence-electron chi connectivity index (χ2n) is 9.04. The number of ether oxygens (including phenoxy) is 2. The minimum atomic E-state index is -0.606. The lowest BCUT2D eigenvalue weighted by Crippen LogP contribution is -2.46. The summed E-state index contributed by atoms with van der Waals surface area (Å²) in [5.74, 6) is -0.178. The Morgan fingerprint density at radius 2 is 1.75 bits per heavy atom. The Morgan fingerprint density at radius 3 is 2.47 bits per heavy atom. The number of allylic oxidation sites excluding steroid dienone is 2. The minimum Gasteiger partial charge on any atom is -0.493 e. The number of methoxy groups -OCH3 is 1. The fourth-order valence-corrected chi connectivity index (χ4v) is 5.02. The van der Waals surface area contributed by atoms with Gasteiger partial charge in [-0.2, -0.15) is 0 Å². The van der Waals surface area contributed by atoms with Crippen LogP contribution in [-0.4, -0.2) is 22.0 Å². The number of nitrogens with one attached hydrogen (secondary N) is 1. The van der Waals surface area contributed by atoms with Crippen LogP contribution < -0.4 is 26.0 Å². The molecule has 1 aromatic heterocycles. The number of Topliss-reactive ketones (excluding diaryl/α,β-unsaturated/α-hetero) is 1. The van der Waals surface area contributed by atoms with Gasteiger partial charge in [0.2, 0.25) is 0 Å². The summed E-state index contributed by atoms with van der Waals surface area (Å²) < 4.78 is 27.2. The Bertz CT molecular complexity index is 1500. The maximum Gasteiger partial charge on any atom is 0.332 e. The maximum absolute atomic E-state index is 13.4. The molecule has 1 aliphatic heterocycles. The zero-order chi connectivity index (χ0) is 25.6. The number of anilines is 1. The fourth-order valence-electron chi connectivity index (χ4n) is 5.02. The Labute approximate surface area is 206 Å². The van der Waals surface area contributed by atoms with E-state index in [1.54, 1.807) is 31.3 Å². The fraction of sp³-hybridized carbons (Fsp3) is 0.296. The average Bonchev–Trinajstić information content (AvgIpc) is 2.89. The summed E-state index contributed by atoms with van der Waals surface area (Å²) in [5, 5.41) is 3.20. The van der Waals surface area contributed by atoms with Crippen LogP contribution in [0.25, 0.3) is 0 Å². The number of rotatable bonds is 5. The summed E-state index contributed by atoms with van der Waals surface area (Å²) in [4.78, 5) is 39.1. The standard InChI is InChI=1S/C27H26FN3O5/c1-30-25-24(26(33)31(2)27(30)34)22(23-18(29-25)5-4-6-19(23)32)16-9-12-20(21(13-16)35-3)36-14-15-7-10-17(28)11-8-15/h5,7-13,22-23,29H,4,6,14H2,1-3H3/t22-,23-/m0/s1. The Hall–Kier alpha value is -4.14. The molecule has 0 fully saturated rings. The first-order chi connectivity index (χ1) is 17.3. The van der Waals surface area contributed by atoms with Gasteiger partial charge in [-0.25, -0.2) is 9.18 Å². The van der Waals surface area contributed by atoms with Crippen molar-refractivity contribution in [2.24, 2.45) is 20.0 Å². The van der Waals surface area contributed by atoms with Gasteiger partial charge in [-0.05, 0) is 41.8 Å². The smallest absolute Gasteiger partial charge is 0.332 e. The van der Waals surface area contributed by atoms with E-state index >= 15 is 0 Å². The number of carbonyl (C=O) groups excluding carboxylic acids is 1. The molecule has 1 N–H and O–H groups in total. The van der Waals surface area contributed by atoms with Crippen LogP contribution >= 0.6 is 0 Å². The van der Waals surface area contributed by atoms with Gasteiger partial charge in [-0.1, -0.05) is 24.3 Å². The molecule has 36 heavy (non-hydrogen) atoms. The van der Waals surface area contributed by atoms with Crippen LogP contribution in [0.3, 0.4) is 0 Å². The second-order valence-corrected chi connectivity index (χ2v) is 9.04. The van der Waals surface area contributed by atoms with Crippen molar-refractivity contribution in [2.75, 3.05) is 12.4 Å². The number of aromatic nitrogens is 2. The molecule has 0 spiro atoms. The largest absolute Gasteiger partial charge is 0.493 e. The van der Waals surface area contributed by atoms with Gasteiger partial charge in [0.15, 0.2) is 11.5 Å². The number of hydrogen-bond acceptors (Lipinski definition) is 6. The molecule has 0 saturated heterocycles. The van der Waals surface area contributed by atoms with Gasteiger partial charge in [0.25, 0.3) is 5.56 Å². The van der Waals surface area contributed by atoms with Crippen LogP contribution in [0.4, 0.5) is 10.2 Å². The predicted octanol–water partition coefficient (Wildman–Crippen LogP) is 3.23. The van der Waals surface area contributed by atoms with Crippen molar-refractivity contribution >= 4 is 11.6 Å². The predicted molar refractivity (Wildman–Crippen MR) is 132 cm³/mol. The number of benzene rings is 2. The molecule has 0 saturated carbocycles. The zero-order valence-corrected chi connectivity index (χ0v) is 20.2. The van der Waals surface area contributed by atoms with E-state index in [1.165, 1.54) is 30.9 Å². The third kappa shape index (κ3) is 3.90. The summed E-state index contributed by atoms with van der Waals surface area (Å²) in [5.41, 5.74) is 1.65. The van der Waals surface area contributed by atoms with E-state index in [2.05, 4.69) is 5.32 Å². The van der Waals surface area contributed by atoms with Crippen LogP contribution in [0.5, 0.6) is 11.5 Å². The Kier molecular flexibility index (Phi) is 5.99. The molecule has 5 rings (SSSR count). The van der Waals surface area contributed by atoms with Crippen molar-refractivity contribution in [1.82, 2.24) is 9.13 Å². The van der Waals surface area contributed by atoms with E-state index in [4.69, 9.17) is 9.47 Å². The van der Waals surface area contributed by atoms with E-state index < -0.39 is 23.1 Å². The molecule has 0 unspecified atom stereocenters. The van der Waals surface area contributed by atoms with Gasteiger partial charge >= 0.3 is 5.69 Å². The molecule has 0 radical (unpaired) electrons. The molecule has 3 aromatic rings. The molecule has 2 atom stereocenters. The van der Waals surface area contributed by atoms with Gasteiger partial charge in [0.1, 0.15) is 24.0 Å². The highest BCUT2D eigenvalue weighted by Gasteiger charge is 2.43. The summed E-state index contributed by atoms with van der Waals surface area (Å²) >= 11 is 0. The number of fused-ring (bicyclic) bond motifs is 2. The minimum absolute atomic E-state index is 0.0298. The monoisotopic (exact) mass is 491 g/mol. The molecule has 1 aliphatic carbocycles. The van der Waals surface area contributed by atoms with E-state index in [9.17, 15) is 18.8 Å². The van der Waals surface area contributed by atoms with Crippen molar-refractivity contribution in [3.05, 3.63) is 97.6 Å². The van der Waals surface area contributed by atoms with Crippen molar-refractivity contribution < 1.29 is 18.7 Å². The first-order valence-corrected chi connectivity index (χ1v) is 11.6. The van der Waals surface area contributed by atoms with Gasteiger partial charge in [-0.3, -0.25) is 18.7 Å². The van der Waals surface area contributed by atoms with Crippen LogP contribution in [0, 0.1) is 11.7 Å². The van der Waals surface area contributed by atoms with Crippen molar-refractivity contribution in [3.8, 4) is 11.5 Å². The van der Waals surface area contributed by atoms with Gasteiger partial charge in [0.05, 0.1) is 18.6 Å². The van der Waals surface area contributed by atoms with Crippen LogP contribution in [0.2, 0.25) is 0 Å². The lowest BCUT2D eigenvalue weighted by atomic mass is 9.72. The molecule has 0 bridgehead atoms. The molecule has 2 aromatic carbocycles. The SMILES string of the molecule is COc1cc([C@@H]2c3c(n(C)c(=O)n(C)c3=O)NC3=CCCC(=O)[C@H]32)ccc1OCc1ccc(F)cc1. The quantitative estimate of drug-likeness (QED) is 0.589. The lowest BCUT2D eigenvalue weighted by molar-refractivity contribution is -0.122. The molecule has 2 heterocycles. The zero-order valence-electron chi connectivity index (χ0n) is 20.2. The summed E-state index contributed by atoms with van der Waals surface area (Å²) in [7, 11) is 4.55. The van der Waals surface area contributed by atoms with Crippen molar-refractivity contribution in [2.45, 2.75) is 25.4 Å². The summed E-state index contributed by atoms with van der Waals surface area (Å²) in [6.07, 6.45) is 2.93. The third-order valence-electron chi connectivity index (χ3n) is 6.90. The van der Waals surface area contributed by atoms with Crippen molar-refractivity contribution in [3.63, 3.8) is 0 Å². The second kappa shape index (κ2) is 9.14. The number of nitrogens with zero attached hydrogens (tertiary/aromatic N) is 2. The Balaban J connectivity index is 1.60. The Morgan fingerprint density at radius 1 is 1.00 bits per heavy atom. The van der Waals surface area contributed by atoms with Crippen LogP contribution in [-0.2, 0) is 25.5 Å². The van der Waals surface area contributed by atoms with Crippen molar-refractivity contribution in [1.29, 1.82) is 0 Å². The average molecular weight is 492 g/mol. The number of ketones is 1. The number of hydrogen-bond donors (Lipinski definition) is 1. The van der Waals surface area contributed by atoms with Gasteiger partial charge in [0, 0.05) is 32.1 Å². The molecular formula is C27H26FN3O5. The molecular weight excluding hydrogens is 465 g/mol. The lowest BCUT2D eigenvalue weighted by Gasteiger charge is -2.38. The van der Waals surface area contributed by atoms with Crippen LogP contribution in [0.1, 0.15) is 35.4 Å². The number of halogens is 1. The topological polar surface area (TPSA) is 91.6 Å². The number of carbonyl (C=O) groups is 1. The first kappa shape index (κ1) is 23.6. The highest BCUT2D eigenvalue weighted by atomic mass is 19.1. The van der Waals surface area contributed by atoms with E-state index in [0.717, 1.165) is 10.1 Å². The van der Waals surface area contributed by atoms with Gasteiger partial charge < -0.3 is 14.8 Å². The molecule has 2 aliphatic rings. The van der Waals surface area contributed by atoms with E-state index in [-0.39, 0.29) is 18.2 Å². The molecule has 8 nitrogen and oxygen atoms in total. The van der Waals surface area contributed by atoms with Gasteiger partial charge in [-0.15, -0.1) is 0 Å². The molecule has 186 valence electrons. The summed E-state index contributed by atoms with van der Waals surface area (Å²) in [6.45, 7) is 0.211. The van der Waals surface area contributed by atoms with Crippen LogP contribution in [0.15, 0.2) is 63.8 Å².